The van der Waals surface area contributed by atoms with Gasteiger partial charge >= 0.3 is 0 Å². The molecule has 0 spiro atoms. The fraction of sp³-hybridized carbons (Fsp3) is 0.900. The number of carbonyl (C=O) groups is 1. The average molecular weight is 229 g/mol. The monoisotopic (exact) mass is 229 g/mol. The summed E-state index contributed by atoms with van der Waals surface area (Å²) in [6, 6.07) is 0.755. The Hall–Kier alpha value is -0.260. The van der Waals surface area contributed by atoms with Crippen molar-refractivity contribution in [2.75, 3.05) is 44.2 Å². The van der Waals surface area contributed by atoms with Crippen LogP contribution in [-0.2, 0) is 4.79 Å². The molecule has 2 saturated heterocycles. The van der Waals surface area contributed by atoms with Gasteiger partial charge in [-0.15, -0.1) is 0 Å². The van der Waals surface area contributed by atoms with Crippen LogP contribution in [-0.4, -0.2) is 66.0 Å². The van der Waals surface area contributed by atoms with Crippen molar-refractivity contribution in [3.8, 4) is 0 Å². The summed E-state index contributed by atoms with van der Waals surface area (Å²) < 4.78 is 0. The molecule has 2 fully saturated rings. The fourth-order valence-electron chi connectivity index (χ4n) is 2.28. The van der Waals surface area contributed by atoms with Crippen molar-refractivity contribution in [2.45, 2.75) is 12.5 Å². The summed E-state index contributed by atoms with van der Waals surface area (Å²) in [5, 5.41) is 0. The molecule has 2 aliphatic rings. The van der Waals surface area contributed by atoms with Crippen molar-refractivity contribution < 1.29 is 4.79 Å². The third-order valence-corrected chi connectivity index (χ3v) is 4.41. The molecule has 4 nitrogen and oxygen atoms in total. The first-order valence-corrected chi connectivity index (χ1v) is 6.76. The number of carbonyl (C=O) groups excluding carboxylic acids is 1. The minimum atomic E-state index is 0.0930. The highest BCUT2D eigenvalue weighted by atomic mass is 32.2. The summed E-state index contributed by atoms with van der Waals surface area (Å²) >= 11 is 2.05. The molecule has 0 saturated carbocycles. The van der Waals surface area contributed by atoms with Gasteiger partial charge in [-0.3, -0.25) is 9.69 Å². The Bertz CT molecular complexity index is 223. The highest BCUT2D eigenvalue weighted by Gasteiger charge is 2.27. The minimum absolute atomic E-state index is 0.0930. The Balaban J connectivity index is 1.78. The van der Waals surface area contributed by atoms with E-state index in [4.69, 9.17) is 5.73 Å². The third-order valence-electron chi connectivity index (χ3n) is 3.26. The Kier molecular flexibility index (Phi) is 3.88. The van der Waals surface area contributed by atoms with E-state index in [0.717, 1.165) is 32.2 Å². The molecular formula is C10H19N3OS. The molecule has 1 atom stereocenters. The lowest BCUT2D eigenvalue weighted by atomic mass is 10.2. The maximum atomic E-state index is 11.4. The Morgan fingerprint density at radius 1 is 1.33 bits per heavy atom. The Morgan fingerprint density at radius 3 is 2.60 bits per heavy atom. The lowest BCUT2D eigenvalue weighted by molar-refractivity contribution is -0.131. The van der Waals surface area contributed by atoms with Crippen LogP contribution in [0.2, 0.25) is 0 Å². The second kappa shape index (κ2) is 5.18. The van der Waals surface area contributed by atoms with Crippen molar-refractivity contribution in [1.82, 2.24) is 9.80 Å². The lowest BCUT2D eigenvalue weighted by Gasteiger charge is -2.37. The summed E-state index contributed by atoms with van der Waals surface area (Å²) in [5.74, 6) is 2.66. The molecular weight excluding hydrogens is 210 g/mol. The third kappa shape index (κ3) is 2.65. The second-order valence-corrected chi connectivity index (χ2v) is 5.29. The van der Waals surface area contributed by atoms with Gasteiger partial charge in [0.2, 0.25) is 5.91 Å². The smallest absolute Gasteiger partial charge is 0.236 e. The number of nitrogens with two attached hydrogens (primary N) is 1. The standard InChI is InChI=1S/C10H19N3OS/c11-7-10(14)13-4-2-12(3-5-13)9-1-6-15-8-9/h9H,1-8,11H2. The van der Waals surface area contributed by atoms with Crippen LogP contribution in [0.3, 0.4) is 0 Å². The second-order valence-electron chi connectivity index (χ2n) is 4.14. The average Bonchev–Trinajstić information content (AvgIpc) is 2.82. The van der Waals surface area contributed by atoms with Crippen molar-refractivity contribution in [2.24, 2.45) is 5.73 Å². The van der Waals surface area contributed by atoms with Crippen LogP contribution in [0.5, 0.6) is 0 Å². The molecule has 0 aliphatic carbocycles. The predicted octanol–water partition coefficient (Wildman–Crippen LogP) is -0.405. The zero-order chi connectivity index (χ0) is 10.7. The van der Waals surface area contributed by atoms with Crippen molar-refractivity contribution in [3.05, 3.63) is 0 Å². The highest BCUT2D eigenvalue weighted by molar-refractivity contribution is 7.99. The van der Waals surface area contributed by atoms with Crippen molar-refractivity contribution in [1.29, 1.82) is 0 Å². The lowest BCUT2D eigenvalue weighted by Crippen LogP contribution is -2.53. The quantitative estimate of drug-likeness (QED) is 0.700. The first-order valence-electron chi connectivity index (χ1n) is 5.61. The van der Waals surface area contributed by atoms with E-state index in [1.54, 1.807) is 0 Å². The van der Waals surface area contributed by atoms with Gasteiger partial charge in [0.25, 0.3) is 0 Å². The van der Waals surface area contributed by atoms with E-state index in [9.17, 15) is 4.79 Å². The number of nitrogens with zero attached hydrogens (tertiary/aromatic N) is 2. The Morgan fingerprint density at radius 2 is 2.07 bits per heavy atom. The first kappa shape index (κ1) is 11.2. The van der Waals surface area contributed by atoms with E-state index in [-0.39, 0.29) is 12.5 Å². The van der Waals surface area contributed by atoms with Gasteiger partial charge in [-0.05, 0) is 12.2 Å². The van der Waals surface area contributed by atoms with Gasteiger partial charge in [0.1, 0.15) is 0 Å². The van der Waals surface area contributed by atoms with Crippen LogP contribution >= 0.6 is 11.8 Å². The molecule has 86 valence electrons. The molecule has 15 heavy (non-hydrogen) atoms. The highest BCUT2D eigenvalue weighted by Crippen LogP contribution is 2.23. The Labute approximate surface area is 95.2 Å². The van der Waals surface area contributed by atoms with Crippen LogP contribution in [0.4, 0.5) is 0 Å². The fourth-order valence-corrected chi connectivity index (χ4v) is 3.53. The molecule has 0 radical (unpaired) electrons. The van der Waals surface area contributed by atoms with Crippen LogP contribution in [0.15, 0.2) is 0 Å². The topological polar surface area (TPSA) is 49.6 Å². The minimum Gasteiger partial charge on any atom is -0.339 e. The number of amides is 1. The first-order chi connectivity index (χ1) is 7.31. The van der Waals surface area contributed by atoms with Crippen molar-refractivity contribution in [3.63, 3.8) is 0 Å². The summed E-state index contributed by atoms with van der Waals surface area (Å²) in [7, 11) is 0. The summed E-state index contributed by atoms with van der Waals surface area (Å²) in [6.07, 6.45) is 1.31. The van der Waals surface area contributed by atoms with Crippen LogP contribution in [0, 0.1) is 0 Å². The van der Waals surface area contributed by atoms with Gasteiger partial charge in [0.15, 0.2) is 0 Å². The number of rotatable bonds is 2. The van der Waals surface area contributed by atoms with E-state index in [0.29, 0.717) is 0 Å². The van der Waals surface area contributed by atoms with E-state index < -0.39 is 0 Å². The van der Waals surface area contributed by atoms with Crippen LogP contribution in [0.1, 0.15) is 6.42 Å². The van der Waals surface area contributed by atoms with Crippen LogP contribution < -0.4 is 5.73 Å². The molecule has 2 aliphatic heterocycles. The van der Waals surface area contributed by atoms with E-state index in [1.165, 1.54) is 17.9 Å². The molecule has 0 aromatic rings. The summed E-state index contributed by atoms with van der Waals surface area (Å²) in [6.45, 7) is 3.92. The molecule has 0 bridgehead atoms. The number of piperazine rings is 1. The van der Waals surface area contributed by atoms with Gasteiger partial charge in [0.05, 0.1) is 6.54 Å². The van der Waals surface area contributed by atoms with E-state index >= 15 is 0 Å². The zero-order valence-electron chi connectivity index (χ0n) is 9.02. The molecule has 2 N–H and O–H groups in total. The largest absolute Gasteiger partial charge is 0.339 e. The molecule has 0 aromatic heterocycles. The number of hydrogen-bond donors (Lipinski definition) is 1. The summed E-state index contributed by atoms with van der Waals surface area (Å²) in [4.78, 5) is 15.8. The van der Waals surface area contributed by atoms with Crippen LogP contribution in [0.25, 0.3) is 0 Å². The van der Waals surface area contributed by atoms with E-state index in [1.807, 2.05) is 16.7 Å². The predicted molar refractivity (Wildman–Crippen MR) is 62.9 cm³/mol. The van der Waals surface area contributed by atoms with Gasteiger partial charge in [-0.2, -0.15) is 11.8 Å². The SMILES string of the molecule is NCC(=O)N1CCN(C2CCSC2)CC1. The normalized spacial score (nSPS) is 28.3. The molecule has 2 rings (SSSR count). The maximum absolute atomic E-state index is 11.4. The molecule has 1 unspecified atom stereocenters. The van der Waals surface area contributed by atoms with Gasteiger partial charge < -0.3 is 10.6 Å². The molecule has 1 amide bonds. The van der Waals surface area contributed by atoms with Gasteiger partial charge in [-0.1, -0.05) is 0 Å². The summed E-state index contributed by atoms with van der Waals surface area (Å²) in [5.41, 5.74) is 5.35. The van der Waals surface area contributed by atoms with Gasteiger partial charge in [0, 0.05) is 38.0 Å². The molecule has 0 aromatic carbocycles. The number of hydrogen-bond acceptors (Lipinski definition) is 4. The van der Waals surface area contributed by atoms with Gasteiger partial charge in [-0.25, -0.2) is 0 Å². The van der Waals surface area contributed by atoms with Crippen molar-refractivity contribution >= 4 is 17.7 Å². The molecule has 5 heteroatoms. The maximum Gasteiger partial charge on any atom is 0.236 e. The van der Waals surface area contributed by atoms with E-state index in [2.05, 4.69) is 4.90 Å². The molecule has 2 heterocycles. The zero-order valence-corrected chi connectivity index (χ0v) is 9.84. The number of thioether (sulfide) groups is 1.